The molecule has 0 aliphatic heterocycles. The SMILES string of the molecule is CCCC(C)COc1ncccc1C(=N)N. The average Bonchev–Trinajstić information content (AvgIpc) is 2.27. The number of nitrogens with one attached hydrogen (secondary N) is 1. The maximum Gasteiger partial charge on any atom is 0.224 e. The van der Waals surface area contributed by atoms with E-state index in [9.17, 15) is 0 Å². The van der Waals surface area contributed by atoms with Crippen molar-refractivity contribution in [2.45, 2.75) is 26.7 Å². The Balaban J connectivity index is 2.63. The number of rotatable bonds is 6. The molecule has 0 radical (unpaired) electrons. The number of nitrogen functional groups attached to an aromatic ring is 1. The summed E-state index contributed by atoms with van der Waals surface area (Å²) in [6, 6.07) is 3.49. The Labute approximate surface area is 96.3 Å². The Kier molecular flexibility index (Phi) is 4.76. The van der Waals surface area contributed by atoms with Gasteiger partial charge in [-0.05, 0) is 24.5 Å². The van der Waals surface area contributed by atoms with Crippen LogP contribution in [-0.4, -0.2) is 17.4 Å². The fourth-order valence-electron chi connectivity index (χ4n) is 1.51. The highest BCUT2D eigenvalue weighted by molar-refractivity contribution is 5.96. The van der Waals surface area contributed by atoms with E-state index in [-0.39, 0.29) is 5.84 Å². The monoisotopic (exact) mass is 221 g/mol. The molecule has 0 bridgehead atoms. The summed E-state index contributed by atoms with van der Waals surface area (Å²) in [4.78, 5) is 4.09. The van der Waals surface area contributed by atoms with Crippen molar-refractivity contribution in [3.63, 3.8) is 0 Å². The molecule has 1 atom stereocenters. The molecule has 0 aliphatic carbocycles. The van der Waals surface area contributed by atoms with Crippen LogP contribution in [0, 0.1) is 11.3 Å². The summed E-state index contributed by atoms with van der Waals surface area (Å²) in [7, 11) is 0. The molecular formula is C12H19N3O. The number of pyridine rings is 1. The highest BCUT2D eigenvalue weighted by Crippen LogP contribution is 2.15. The lowest BCUT2D eigenvalue weighted by molar-refractivity contribution is 0.242. The van der Waals surface area contributed by atoms with E-state index in [1.54, 1.807) is 18.3 Å². The van der Waals surface area contributed by atoms with E-state index in [1.807, 2.05) is 0 Å². The second kappa shape index (κ2) is 6.10. The number of nitrogens with zero attached hydrogens (tertiary/aromatic N) is 1. The number of hydrogen-bond acceptors (Lipinski definition) is 3. The maximum absolute atomic E-state index is 7.40. The smallest absolute Gasteiger partial charge is 0.224 e. The minimum absolute atomic E-state index is 0.00811. The van der Waals surface area contributed by atoms with Crippen molar-refractivity contribution in [1.82, 2.24) is 4.98 Å². The normalized spacial score (nSPS) is 12.1. The molecule has 0 aromatic carbocycles. The second-order valence-electron chi connectivity index (χ2n) is 3.97. The summed E-state index contributed by atoms with van der Waals surface area (Å²) < 4.78 is 5.58. The van der Waals surface area contributed by atoms with E-state index in [4.69, 9.17) is 15.9 Å². The molecule has 0 spiro atoms. The molecule has 1 heterocycles. The second-order valence-corrected chi connectivity index (χ2v) is 3.97. The van der Waals surface area contributed by atoms with Crippen molar-refractivity contribution in [3.8, 4) is 5.88 Å². The minimum atomic E-state index is -0.00811. The van der Waals surface area contributed by atoms with Gasteiger partial charge < -0.3 is 10.5 Å². The van der Waals surface area contributed by atoms with Crippen molar-refractivity contribution in [2.75, 3.05) is 6.61 Å². The predicted octanol–water partition coefficient (Wildman–Crippen LogP) is 2.18. The Morgan fingerprint density at radius 1 is 1.62 bits per heavy atom. The van der Waals surface area contributed by atoms with Crippen LogP contribution >= 0.6 is 0 Å². The number of nitrogens with two attached hydrogens (primary N) is 1. The Morgan fingerprint density at radius 3 is 3.00 bits per heavy atom. The molecule has 88 valence electrons. The molecule has 1 rings (SSSR count). The number of amidine groups is 1. The lowest BCUT2D eigenvalue weighted by Crippen LogP contribution is -2.16. The van der Waals surface area contributed by atoms with Gasteiger partial charge in [0.25, 0.3) is 0 Å². The lowest BCUT2D eigenvalue weighted by Gasteiger charge is -2.13. The van der Waals surface area contributed by atoms with Gasteiger partial charge in [-0.15, -0.1) is 0 Å². The zero-order chi connectivity index (χ0) is 12.0. The van der Waals surface area contributed by atoms with E-state index in [0.29, 0.717) is 24.0 Å². The van der Waals surface area contributed by atoms with Gasteiger partial charge in [-0.3, -0.25) is 5.41 Å². The van der Waals surface area contributed by atoms with Crippen molar-refractivity contribution >= 4 is 5.84 Å². The third kappa shape index (κ3) is 3.53. The predicted molar refractivity (Wildman–Crippen MR) is 64.8 cm³/mol. The van der Waals surface area contributed by atoms with Gasteiger partial charge >= 0.3 is 0 Å². The van der Waals surface area contributed by atoms with Crippen LogP contribution in [0.3, 0.4) is 0 Å². The fraction of sp³-hybridized carbons (Fsp3) is 0.500. The van der Waals surface area contributed by atoms with Crippen molar-refractivity contribution < 1.29 is 4.74 Å². The molecule has 1 aromatic rings. The third-order valence-corrected chi connectivity index (χ3v) is 2.35. The van der Waals surface area contributed by atoms with Crippen LogP contribution in [0.25, 0.3) is 0 Å². The van der Waals surface area contributed by atoms with E-state index in [1.165, 1.54) is 0 Å². The van der Waals surface area contributed by atoms with E-state index in [0.717, 1.165) is 12.8 Å². The summed E-state index contributed by atoms with van der Waals surface area (Å²) in [6.07, 6.45) is 3.92. The standard InChI is InChI=1S/C12H19N3O/c1-3-5-9(2)8-16-12-10(11(13)14)6-4-7-15-12/h4,6-7,9H,3,5,8H2,1-2H3,(H3,13,14). The van der Waals surface area contributed by atoms with Gasteiger partial charge in [-0.2, -0.15) is 0 Å². The average molecular weight is 221 g/mol. The molecule has 4 heteroatoms. The zero-order valence-corrected chi connectivity index (χ0v) is 9.86. The van der Waals surface area contributed by atoms with Crippen molar-refractivity contribution in [3.05, 3.63) is 23.9 Å². The van der Waals surface area contributed by atoms with Crippen molar-refractivity contribution in [2.24, 2.45) is 11.7 Å². The molecule has 3 N–H and O–H groups in total. The van der Waals surface area contributed by atoms with Gasteiger partial charge in [-0.25, -0.2) is 4.98 Å². The summed E-state index contributed by atoms with van der Waals surface area (Å²) in [5, 5.41) is 7.40. The van der Waals surface area contributed by atoms with Crippen LogP contribution in [0.4, 0.5) is 0 Å². The summed E-state index contributed by atoms with van der Waals surface area (Å²) in [5.74, 6) is 0.941. The molecule has 0 saturated heterocycles. The molecule has 1 unspecified atom stereocenters. The largest absolute Gasteiger partial charge is 0.477 e. The summed E-state index contributed by atoms with van der Waals surface area (Å²) in [6.45, 7) is 4.91. The quantitative estimate of drug-likeness (QED) is 0.571. The van der Waals surface area contributed by atoms with E-state index < -0.39 is 0 Å². The van der Waals surface area contributed by atoms with Gasteiger partial charge in [0.2, 0.25) is 5.88 Å². The number of ether oxygens (including phenoxy) is 1. The van der Waals surface area contributed by atoms with Gasteiger partial charge in [-0.1, -0.05) is 20.3 Å². The fourth-order valence-corrected chi connectivity index (χ4v) is 1.51. The number of aromatic nitrogens is 1. The van der Waals surface area contributed by atoms with Crippen LogP contribution in [0.2, 0.25) is 0 Å². The Morgan fingerprint density at radius 2 is 2.38 bits per heavy atom. The molecular weight excluding hydrogens is 202 g/mol. The first-order valence-corrected chi connectivity index (χ1v) is 5.57. The molecule has 0 amide bonds. The zero-order valence-electron chi connectivity index (χ0n) is 9.86. The van der Waals surface area contributed by atoms with Crippen LogP contribution in [0.5, 0.6) is 5.88 Å². The Bertz CT molecular complexity index is 352. The first-order chi connectivity index (χ1) is 7.65. The molecule has 0 aliphatic rings. The van der Waals surface area contributed by atoms with E-state index >= 15 is 0 Å². The maximum atomic E-state index is 7.40. The molecule has 0 saturated carbocycles. The minimum Gasteiger partial charge on any atom is -0.477 e. The van der Waals surface area contributed by atoms with Crippen molar-refractivity contribution in [1.29, 1.82) is 5.41 Å². The lowest BCUT2D eigenvalue weighted by atomic mass is 10.1. The van der Waals surface area contributed by atoms with Crippen LogP contribution < -0.4 is 10.5 Å². The topological polar surface area (TPSA) is 72.0 Å². The van der Waals surface area contributed by atoms with Gasteiger partial charge in [0.1, 0.15) is 5.84 Å². The van der Waals surface area contributed by atoms with Gasteiger partial charge in [0.15, 0.2) is 0 Å². The summed E-state index contributed by atoms with van der Waals surface area (Å²) in [5.41, 5.74) is 6.00. The van der Waals surface area contributed by atoms with Gasteiger partial charge in [0, 0.05) is 6.20 Å². The molecule has 4 nitrogen and oxygen atoms in total. The van der Waals surface area contributed by atoms with E-state index in [2.05, 4.69) is 18.8 Å². The first kappa shape index (κ1) is 12.5. The highest BCUT2D eigenvalue weighted by atomic mass is 16.5. The molecule has 1 aromatic heterocycles. The van der Waals surface area contributed by atoms with Crippen LogP contribution in [0.1, 0.15) is 32.3 Å². The van der Waals surface area contributed by atoms with Crippen LogP contribution in [-0.2, 0) is 0 Å². The molecule has 0 fully saturated rings. The third-order valence-electron chi connectivity index (χ3n) is 2.35. The summed E-state index contributed by atoms with van der Waals surface area (Å²) >= 11 is 0. The Hall–Kier alpha value is -1.58. The molecule has 16 heavy (non-hydrogen) atoms. The first-order valence-electron chi connectivity index (χ1n) is 5.57. The highest BCUT2D eigenvalue weighted by Gasteiger charge is 2.09. The van der Waals surface area contributed by atoms with Gasteiger partial charge in [0.05, 0.1) is 12.2 Å². The number of hydrogen-bond donors (Lipinski definition) is 2. The van der Waals surface area contributed by atoms with Crippen LogP contribution in [0.15, 0.2) is 18.3 Å².